The quantitative estimate of drug-likeness (QED) is 0.497. The zero-order valence-corrected chi connectivity index (χ0v) is 16.2. The molecular weight excluding hydrogens is 398 g/mol. The molecule has 1 aromatic heterocycles. The zero-order valence-electron chi connectivity index (χ0n) is 14.0. The molecule has 1 aliphatic rings. The maximum atomic E-state index is 13.4. The summed E-state index contributed by atoms with van der Waals surface area (Å²) >= 11 is 1.21. The molecule has 1 aliphatic heterocycles. The van der Waals surface area contributed by atoms with Gasteiger partial charge >= 0.3 is 152 Å². The van der Waals surface area contributed by atoms with E-state index in [1.807, 2.05) is 13.8 Å². The third-order valence-corrected chi connectivity index (χ3v) is 5.24. The number of carbonyl (C=O) groups is 1. The third-order valence-electron chi connectivity index (χ3n) is 4.36. The Labute approximate surface area is 152 Å². The van der Waals surface area contributed by atoms with E-state index in [4.69, 9.17) is 0 Å². The Hall–Kier alpha value is -0.690. The van der Waals surface area contributed by atoms with Crippen LogP contribution in [0.4, 0.5) is 13.2 Å². The van der Waals surface area contributed by atoms with Crippen LogP contribution in [0.2, 0.25) is 0 Å². The van der Waals surface area contributed by atoms with E-state index in [2.05, 4.69) is 4.90 Å². The Morgan fingerprint density at radius 2 is 2.00 bits per heavy atom. The van der Waals surface area contributed by atoms with Crippen molar-refractivity contribution in [3.05, 3.63) is 26.9 Å². The van der Waals surface area contributed by atoms with Crippen LogP contribution in [-0.2, 0) is 38.0 Å². The fourth-order valence-electron chi connectivity index (χ4n) is 2.93. The van der Waals surface area contributed by atoms with Crippen molar-refractivity contribution < 1.29 is 38.6 Å². The third kappa shape index (κ3) is 4.91. The number of nitrogens with zero attached hydrogens (tertiary/aromatic N) is 2. The summed E-state index contributed by atoms with van der Waals surface area (Å²) < 4.78 is 42.4. The molecule has 0 spiro atoms. The van der Waals surface area contributed by atoms with Crippen molar-refractivity contribution in [2.75, 3.05) is 19.6 Å². The number of halogens is 3. The summed E-state index contributed by atoms with van der Waals surface area (Å²) in [5.74, 6) is 0.296. The molecule has 133 valence electrons. The first-order valence-corrected chi connectivity index (χ1v) is 9.34. The summed E-state index contributed by atoms with van der Waals surface area (Å²) in [4.78, 5) is 13.6. The number of hydrogen-bond acceptors (Lipinski definition) is 2. The molecule has 1 unspecified atom stereocenters. The van der Waals surface area contributed by atoms with Crippen LogP contribution in [-0.4, -0.2) is 35.4 Å². The summed E-state index contributed by atoms with van der Waals surface area (Å²) in [6.07, 6.45) is 0.125. The normalized spacial score (nSPS) is 16.9. The van der Waals surface area contributed by atoms with Gasteiger partial charge in [-0.05, 0) is 0 Å². The number of hydrogen-bond donors (Lipinski definition) is 0. The molecule has 7 heteroatoms. The molecular formula is C17H23F3N2NbO. The van der Waals surface area contributed by atoms with Crippen molar-refractivity contribution in [1.82, 2.24) is 9.47 Å². The molecule has 0 saturated carbocycles. The van der Waals surface area contributed by atoms with E-state index in [-0.39, 0.29) is 5.56 Å². The second kappa shape index (κ2) is 8.13. The van der Waals surface area contributed by atoms with Gasteiger partial charge in [-0.3, -0.25) is 0 Å². The van der Waals surface area contributed by atoms with Gasteiger partial charge in [0.1, 0.15) is 0 Å². The summed E-state index contributed by atoms with van der Waals surface area (Å²) in [5, 5.41) is 0. The molecule has 0 aliphatic carbocycles. The molecule has 0 radical (unpaired) electrons. The SMILES string of the molecule is CC(C)CC(C=O)n1cc(CCN2CCC2)c(C(F)(F)F)c[c]1=[Nb]. The first-order chi connectivity index (χ1) is 11.2. The van der Waals surface area contributed by atoms with Gasteiger partial charge < -0.3 is 0 Å². The van der Waals surface area contributed by atoms with Crippen LogP contribution in [0.25, 0.3) is 0 Å². The molecule has 1 saturated heterocycles. The predicted molar refractivity (Wildman–Crippen MR) is 82.0 cm³/mol. The van der Waals surface area contributed by atoms with Crippen LogP contribution in [0.3, 0.4) is 0 Å². The van der Waals surface area contributed by atoms with Gasteiger partial charge in [0.25, 0.3) is 0 Å². The molecule has 1 atom stereocenters. The Kier molecular flexibility index (Phi) is 6.65. The minimum atomic E-state index is -4.36. The van der Waals surface area contributed by atoms with Gasteiger partial charge in [0.2, 0.25) is 0 Å². The van der Waals surface area contributed by atoms with Gasteiger partial charge in [0, 0.05) is 0 Å². The van der Waals surface area contributed by atoms with Gasteiger partial charge in [0.05, 0.1) is 0 Å². The maximum absolute atomic E-state index is 13.4. The minimum absolute atomic E-state index is 0.282. The molecule has 1 aromatic rings. The van der Waals surface area contributed by atoms with E-state index >= 15 is 0 Å². The average Bonchev–Trinajstić information content (AvgIpc) is 2.43. The standard InChI is InChI=1S/C17H23F3N2O.Nb/c1-13(2)10-15(12-23)22-9-5-16(17(18,19)20)14(11-22)4-8-21-6-3-7-21;/h5,11-13,15H,3-4,6-8,10H2,1-2H3;. The van der Waals surface area contributed by atoms with Crippen LogP contribution in [0.5, 0.6) is 0 Å². The fourth-order valence-corrected chi connectivity index (χ4v) is 3.75. The van der Waals surface area contributed by atoms with E-state index in [1.54, 1.807) is 10.8 Å². The number of carbonyl (C=O) groups excluding carboxylic acids is 1. The van der Waals surface area contributed by atoms with Crippen molar-refractivity contribution in [3.8, 4) is 0 Å². The zero-order chi connectivity index (χ0) is 17.9. The number of aldehydes is 1. The summed E-state index contributed by atoms with van der Waals surface area (Å²) in [5.41, 5.74) is -0.284. The molecule has 0 aromatic carbocycles. The van der Waals surface area contributed by atoms with Crippen LogP contribution >= 0.6 is 0 Å². The Morgan fingerprint density at radius 3 is 2.46 bits per heavy atom. The number of pyridine rings is 1. The molecule has 0 bridgehead atoms. The van der Waals surface area contributed by atoms with Crippen LogP contribution in [0.15, 0.2) is 12.3 Å². The summed E-state index contributed by atoms with van der Waals surface area (Å²) in [7, 11) is 0. The van der Waals surface area contributed by atoms with Gasteiger partial charge in [-0.1, -0.05) is 0 Å². The Morgan fingerprint density at radius 1 is 1.33 bits per heavy atom. The molecule has 2 rings (SSSR count). The summed E-state index contributed by atoms with van der Waals surface area (Å²) in [6.45, 7) is 6.56. The van der Waals surface area contributed by atoms with Crippen LogP contribution in [0.1, 0.15) is 43.9 Å². The van der Waals surface area contributed by atoms with E-state index < -0.39 is 17.8 Å². The second-order valence-electron chi connectivity index (χ2n) is 6.75. The first kappa shape index (κ1) is 19.6. The first-order valence-electron chi connectivity index (χ1n) is 8.24. The number of aromatic nitrogens is 1. The average molecular weight is 421 g/mol. The van der Waals surface area contributed by atoms with E-state index in [1.165, 1.54) is 26.7 Å². The van der Waals surface area contributed by atoms with Crippen LogP contribution < -0.4 is 0 Å². The fraction of sp³-hybridized carbons (Fsp3) is 0.647. The van der Waals surface area contributed by atoms with E-state index in [0.717, 1.165) is 25.8 Å². The van der Waals surface area contributed by atoms with Crippen LogP contribution in [0, 0.1) is 9.42 Å². The van der Waals surface area contributed by atoms with Crippen molar-refractivity contribution in [2.45, 2.75) is 45.3 Å². The van der Waals surface area contributed by atoms with Crippen molar-refractivity contribution >= 4 is 6.29 Å². The van der Waals surface area contributed by atoms with E-state index in [9.17, 15) is 18.0 Å². The Balaban J connectivity index is 2.37. The van der Waals surface area contributed by atoms with Gasteiger partial charge in [-0.25, -0.2) is 0 Å². The van der Waals surface area contributed by atoms with E-state index in [0.29, 0.717) is 28.8 Å². The molecule has 2 heterocycles. The predicted octanol–water partition coefficient (Wildman–Crippen LogP) is 3.62. The van der Waals surface area contributed by atoms with Crippen molar-refractivity contribution in [3.63, 3.8) is 0 Å². The van der Waals surface area contributed by atoms with Crippen molar-refractivity contribution in [2.24, 2.45) is 5.92 Å². The topological polar surface area (TPSA) is 25.2 Å². The molecule has 0 N–H and O–H groups in total. The molecule has 0 amide bonds. The monoisotopic (exact) mass is 421 g/mol. The van der Waals surface area contributed by atoms with Gasteiger partial charge in [0.15, 0.2) is 0 Å². The van der Waals surface area contributed by atoms with Gasteiger partial charge in [-0.2, -0.15) is 0 Å². The Bertz CT molecular complexity index is 636. The van der Waals surface area contributed by atoms with Crippen molar-refractivity contribution in [1.29, 1.82) is 0 Å². The molecule has 1 fully saturated rings. The number of rotatable bonds is 7. The molecule has 24 heavy (non-hydrogen) atoms. The summed E-state index contributed by atoms with van der Waals surface area (Å²) in [6, 6.07) is 0.796. The number of alkyl halides is 3. The molecule has 3 nitrogen and oxygen atoms in total. The second-order valence-corrected chi connectivity index (χ2v) is 7.88. The van der Waals surface area contributed by atoms with Gasteiger partial charge in [-0.15, -0.1) is 0 Å². The number of likely N-dealkylation sites (tertiary alicyclic amines) is 1.